The predicted molar refractivity (Wildman–Crippen MR) is 97.3 cm³/mol. The number of guanidine groups is 1. The van der Waals surface area contributed by atoms with E-state index in [9.17, 15) is 0 Å². The molecular formula is C17H24ClN5O. The normalized spacial score (nSPS) is 11.5. The van der Waals surface area contributed by atoms with Crippen LogP contribution in [0.1, 0.15) is 32.1 Å². The van der Waals surface area contributed by atoms with Crippen LogP contribution >= 0.6 is 11.6 Å². The first-order chi connectivity index (χ1) is 11.7. The summed E-state index contributed by atoms with van der Waals surface area (Å²) in [6.45, 7) is 3.79. The van der Waals surface area contributed by atoms with E-state index in [-0.39, 0.29) is 0 Å². The van der Waals surface area contributed by atoms with Crippen molar-refractivity contribution < 1.29 is 4.52 Å². The van der Waals surface area contributed by atoms with Gasteiger partial charge in [0.15, 0.2) is 5.96 Å². The van der Waals surface area contributed by atoms with Gasteiger partial charge in [0, 0.05) is 37.1 Å². The molecular weight excluding hydrogens is 326 g/mol. The summed E-state index contributed by atoms with van der Waals surface area (Å²) in [5.41, 5.74) is 0.885. The Bertz CT molecular complexity index is 639. The Labute approximate surface area is 147 Å². The van der Waals surface area contributed by atoms with Gasteiger partial charge >= 0.3 is 0 Å². The number of benzene rings is 1. The molecule has 0 aliphatic heterocycles. The van der Waals surface area contributed by atoms with E-state index in [1.54, 1.807) is 7.05 Å². The average molecular weight is 350 g/mol. The molecule has 7 heteroatoms. The number of aromatic nitrogens is 2. The van der Waals surface area contributed by atoms with Crippen molar-refractivity contribution in [3.05, 3.63) is 35.2 Å². The Balaban J connectivity index is 1.77. The van der Waals surface area contributed by atoms with Gasteiger partial charge in [0.25, 0.3) is 0 Å². The standard InChI is InChI=1S/C17H24ClN5O/c1-3-4-5-11-20-17(19-2)21-12-10-15-22-16(23-24-15)13-6-8-14(18)9-7-13/h6-9H,3-5,10-12H2,1-2H3,(H2,19,20,21). The predicted octanol–water partition coefficient (Wildman–Crippen LogP) is 3.29. The highest BCUT2D eigenvalue weighted by Crippen LogP contribution is 2.18. The Hall–Kier alpha value is -2.08. The average Bonchev–Trinajstić information content (AvgIpc) is 3.06. The molecule has 24 heavy (non-hydrogen) atoms. The number of hydrogen-bond donors (Lipinski definition) is 2. The summed E-state index contributed by atoms with van der Waals surface area (Å²) in [7, 11) is 1.76. The zero-order chi connectivity index (χ0) is 17.2. The highest BCUT2D eigenvalue weighted by atomic mass is 35.5. The molecule has 0 atom stereocenters. The molecule has 0 saturated heterocycles. The van der Waals surface area contributed by atoms with Crippen LogP contribution in [0.4, 0.5) is 0 Å². The molecule has 0 aliphatic rings. The maximum Gasteiger partial charge on any atom is 0.228 e. The van der Waals surface area contributed by atoms with Gasteiger partial charge in [-0.1, -0.05) is 36.5 Å². The molecule has 0 fully saturated rings. The smallest absolute Gasteiger partial charge is 0.228 e. The molecule has 6 nitrogen and oxygen atoms in total. The largest absolute Gasteiger partial charge is 0.356 e. The maximum atomic E-state index is 5.88. The Kier molecular flexibility index (Phi) is 7.55. The molecule has 0 bridgehead atoms. The number of halogens is 1. The van der Waals surface area contributed by atoms with Gasteiger partial charge in [-0.15, -0.1) is 0 Å². The number of rotatable bonds is 8. The molecule has 0 spiro atoms. The second kappa shape index (κ2) is 9.93. The number of aliphatic imine (C=N–C) groups is 1. The summed E-state index contributed by atoms with van der Waals surface area (Å²) in [5, 5.41) is 11.2. The van der Waals surface area contributed by atoms with Crippen molar-refractivity contribution in [3.8, 4) is 11.4 Å². The van der Waals surface area contributed by atoms with Crippen LogP contribution in [0.15, 0.2) is 33.8 Å². The number of nitrogens with zero attached hydrogens (tertiary/aromatic N) is 3. The lowest BCUT2D eigenvalue weighted by atomic mass is 10.2. The SMILES string of the molecule is CCCCCNC(=NC)NCCc1nc(-c2ccc(Cl)cc2)no1. The molecule has 2 N–H and O–H groups in total. The lowest BCUT2D eigenvalue weighted by Crippen LogP contribution is -2.38. The van der Waals surface area contributed by atoms with E-state index < -0.39 is 0 Å². The number of hydrogen-bond acceptors (Lipinski definition) is 4. The van der Waals surface area contributed by atoms with Crippen molar-refractivity contribution in [2.75, 3.05) is 20.1 Å². The van der Waals surface area contributed by atoms with Gasteiger partial charge in [-0.3, -0.25) is 4.99 Å². The van der Waals surface area contributed by atoms with Crippen LogP contribution in [0.5, 0.6) is 0 Å². The third-order valence-electron chi connectivity index (χ3n) is 3.50. The molecule has 2 rings (SSSR count). The molecule has 1 heterocycles. The van der Waals surface area contributed by atoms with E-state index in [1.165, 1.54) is 12.8 Å². The minimum absolute atomic E-state index is 0.573. The van der Waals surface area contributed by atoms with Crippen LogP contribution < -0.4 is 10.6 Å². The molecule has 130 valence electrons. The molecule has 2 aromatic rings. The first-order valence-electron chi connectivity index (χ1n) is 8.26. The van der Waals surface area contributed by atoms with Gasteiger partial charge in [-0.2, -0.15) is 4.98 Å². The van der Waals surface area contributed by atoms with Crippen LogP contribution in [-0.4, -0.2) is 36.2 Å². The molecule has 0 aliphatic carbocycles. The minimum atomic E-state index is 0.573. The van der Waals surface area contributed by atoms with Crippen LogP contribution in [0.3, 0.4) is 0 Å². The summed E-state index contributed by atoms with van der Waals surface area (Å²) in [5.74, 6) is 1.96. The van der Waals surface area contributed by atoms with Crippen LogP contribution in [0.2, 0.25) is 5.02 Å². The van der Waals surface area contributed by atoms with E-state index in [0.717, 1.165) is 24.5 Å². The maximum absolute atomic E-state index is 5.88. The van der Waals surface area contributed by atoms with Crippen molar-refractivity contribution >= 4 is 17.6 Å². The van der Waals surface area contributed by atoms with Gasteiger partial charge in [0.05, 0.1) is 0 Å². The Morgan fingerprint density at radius 3 is 2.62 bits per heavy atom. The summed E-state index contributed by atoms with van der Waals surface area (Å²) in [6, 6.07) is 7.36. The van der Waals surface area contributed by atoms with Crippen molar-refractivity contribution in [1.82, 2.24) is 20.8 Å². The summed E-state index contributed by atoms with van der Waals surface area (Å²) >= 11 is 5.88. The number of unbranched alkanes of at least 4 members (excludes halogenated alkanes) is 2. The zero-order valence-corrected chi connectivity index (χ0v) is 14.9. The van der Waals surface area contributed by atoms with Gasteiger partial charge in [-0.25, -0.2) is 0 Å². The van der Waals surface area contributed by atoms with Crippen molar-refractivity contribution in [2.24, 2.45) is 4.99 Å². The number of nitrogens with one attached hydrogen (secondary N) is 2. The fourth-order valence-electron chi connectivity index (χ4n) is 2.16. The first-order valence-corrected chi connectivity index (χ1v) is 8.63. The molecule has 1 aromatic carbocycles. The van der Waals surface area contributed by atoms with E-state index in [1.807, 2.05) is 24.3 Å². The van der Waals surface area contributed by atoms with E-state index in [0.29, 0.717) is 29.7 Å². The third kappa shape index (κ3) is 5.85. The lowest BCUT2D eigenvalue weighted by molar-refractivity contribution is 0.378. The second-order valence-corrected chi connectivity index (χ2v) is 5.84. The molecule has 0 saturated carbocycles. The van der Waals surface area contributed by atoms with E-state index in [2.05, 4.69) is 32.7 Å². The first kappa shape index (κ1) is 18.3. The third-order valence-corrected chi connectivity index (χ3v) is 3.75. The van der Waals surface area contributed by atoms with Crippen LogP contribution in [0.25, 0.3) is 11.4 Å². The van der Waals surface area contributed by atoms with Crippen LogP contribution in [-0.2, 0) is 6.42 Å². The monoisotopic (exact) mass is 349 g/mol. The fourth-order valence-corrected chi connectivity index (χ4v) is 2.29. The van der Waals surface area contributed by atoms with E-state index in [4.69, 9.17) is 16.1 Å². The molecule has 0 unspecified atom stereocenters. The van der Waals surface area contributed by atoms with Crippen molar-refractivity contribution in [3.63, 3.8) is 0 Å². The van der Waals surface area contributed by atoms with Crippen LogP contribution in [0, 0.1) is 0 Å². The highest BCUT2D eigenvalue weighted by Gasteiger charge is 2.08. The highest BCUT2D eigenvalue weighted by molar-refractivity contribution is 6.30. The van der Waals surface area contributed by atoms with Gasteiger partial charge < -0.3 is 15.2 Å². The summed E-state index contributed by atoms with van der Waals surface area (Å²) in [4.78, 5) is 8.59. The lowest BCUT2D eigenvalue weighted by Gasteiger charge is -2.10. The zero-order valence-electron chi connectivity index (χ0n) is 14.2. The van der Waals surface area contributed by atoms with Gasteiger partial charge in [-0.05, 0) is 30.7 Å². The Morgan fingerprint density at radius 1 is 1.17 bits per heavy atom. The fraction of sp³-hybridized carbons (Fsp3) is 0.471. The summed E-state index contributed by atoms with van der Waals surface area (Å²) in [6.07, 6.45) is 4.21. The van der Waals surface area contributed by atoms with Crippen molar-refractivity contribution in [2.45, 2.75) is 32.6 Å². The van der Waals surface area contributed by atoms with Gasteiger partial charge in [0.2, 0.25) is 11.7 Å². The second-order valence-electron chi connectivity index (χ2n) is 5.40. The minimum Gasteiger partial charge on any atom is -0.356 e. The van der Waals surface area contributed by atoms with E-state index >= 15 is 0 Å². The van der Waals surface area contributed by atoms with Crippen molar-refractivity contribution in [1.29, 1.82) is 0 Å². The molecule has 1 aromatic heterocycles. The Morgan fingerprint density at radius 2 is 1.92 bits per heavy atom. The summed E-state index contributed by atoms with van der Waals surface area (Å²) < 4.78 is 5.28. The quantitative estimate of drug-likeness (QED) is 0.434. The molecule has 0 radical (unpaired) electrons. The topological polar surface area (TPSA) is 75.3 Å². The molecule has 0 amide bonds. The van der Waals surface area contributed by atoms with Gasteiger partial charge in [0.1, 0.15) is 0 Å².